The van der Waals surface area contributed by atoms with Crippen molar-refractivity contribution in [2.75, 3.05) is 12.8 Å². The van der Waals surface area contributed by atoms with Crippen LogP contribution in [-0.2, 0) is 9.53 Å². The van der Waals surface area contributed by atoms with Crippen LogP contribution in [0, 0.1) is 0 Å². The van der Waals surface area contributed by atoms with Gasteiger partial charge in [-0.2, -0.15) is 0 Å². The van der Waals surface area contributed by atoms with Gasteiger partial charge in [0.2, 0.25) is 0 Å². The predicted molar refractivity (Wildman–Crippen MR) is 47.6 cm³/mol. The van der Waals surface area contributed by atoms with Crippen LogP contribution in [0.5, 0.6) is 0 Å². The molecule has 0 aliphatic heterocycles. The van der Waals surface area contributed by atoms with Crippen LogP contribution >= 0.6 is 11.3 Å². The zero-order valence-corrected chi connectivity index (χ0v) is 7.30. The molecule has 5 heteroatoms. The number of ether oxygens (including phenoxy) is 1. The Kier molecular flexibility index (Phi) is 2.82. The van der Waals surface area contributed by atoms with Gasteiger partial charge in [0.15, 0.2) is 5.13 Å². The van der Waals surface area contributed by atoms with Crippen molar-refractivity contribution in [1.29, 1.82) is 0 Å². The Morgan fingerprint density at radius 1 is 1.83 bits per heavy atom. The third-order valence-electron chi connectivity index (χ3n) is 1.13. The Balaban J connectivity index is 2.63. The van der Waals surface area contributed by atoms with Gasteiger partial charge in [-0.25, -0.2) is 9.78 Å². The van der Waals surface area contributed by atoms with Gasteiger partial charge >= 0.3 is 5.97 Å². The normalized spacial score (nSPS) is 10.4. The predicted octanol–water partition coefficient (Wildman–Crippen LogP) is 0.911. The summed E-state index contributed by atoms with van der Waals surface area (Å²) in [6, 6.07) is 0. The van der Waals surface area contributed by atoms with Crippen LogP contribution in [0.1, 0.15) is 4.88 Å². The number of nitrogens with two attached hydrogens (primary N) is 1. The van der Waals surface area contributed by atoms with Gasteiger partial charge in [0.25, 0.3) is 0 Å². The molecule has 1 heterocycles. The number of nitrogens with zero attached hydrogens (tertiary/aromatic N) is 1. The number of carbonyl (C=O) groups is 1. The molecule has 64 valence electrons. The van der Waals surface area contributed by atoms with Crippen molar-refractivity contribution in [3.05, 3.63) is 17.2 Å². The van der Waals surface area contributed by atoms with E-state index in [0.717, 1.165) is 4.88 Å². The molecule has 12 heavy (non-hydrogen) atoms. The molecule has 0 fully saturated rings. The highest BCUT2D eigenvalue weighted by Crippen LogP contribution is 2.15. The summed E-state index contributed by atoms with van der Waals surface area (Å²) in [6.45, 7) is 0. The van der Waals surface area contributed by atoms with E-state index >= 15 is 0 Å². The molecule has 0 atom stereocenters. The second kappa shape index (κ2) is 3.87. The van der Waals surface area contributed by atoms with Gasteiger partial charge in [-0.15, -0.1) is 0 Å². The molecule has 1 rings (SSSR count). The summed E-state index contributed by atoms with van der Waals surface area (Å²) < 4.78 is 4.41. The lowest BCUT2D eigenvalue weighted by Gasteiger charge is -1.86. The molecule has 0 unspecified atom stereocenters. The average molecular weight is 184 g/mol. The van der Waals surface area contributed by atoms with E-state index in [1.54, 1.807) is 12.3 Å². The minimum absolute atomic E-state index is 0.387. The number of carbonyl (C=O) groups excluding carboxylic acids is 1. The maximum Gasteiger partial charge on any atom is 0.330 e. The second-order valence-electron chi connectivity index (χ2n) is 1.96. The fourth-order valence-electron chi connectivity index (χ4n) is 0.596. The smallest absolute Gasteiger partial charge is 0.330 e. The molecular weight excluding hydrogens is 176 g/mol. The highest BCUT2D eigenvalue weighted by atomic mass is 32.1. The number of hydrogen-bond donors (Lipinski definition) is 1. The Morgan fingerprint density at radius 2 is 2.58 bits per heavy atom. The van der Waals surface area contributed by atoms with Gasteiger partial charge in [0.1, 0.15) is 0 Å². The maximum atomic E-state index is 10.6. The van der Waals surface area contributed by atoms with E-state index < -0.39 is 0 Å². The SMILES string of the molecule is COC(=O)C=Cc1cnc(N)s1. The minimum atomic E-state index is -0.387. The Bertz CT molecular complexity index is 306. The van der Waals surface area contributed by atoms with Gasteiger partial charge in [0, 0.05) is 17.2 Å². The number of rotatable bonds is 2. The molecule has 0 amide bonds. The maximum absolute atomic E-state index is 10.6. The number of hydrogen-bond acceptors (Lipinski definition) is 5. The fraction of sp³-hybridized carbons (Fsp3) is 0.143. The van der Waals surface area contributed by atoms with Crippen molar-refractivity contribution in [1.82, 2.24) is 4.98 Å². The fourth-order valence-corrected chi connectivity index (χ4v) is 1.18. The third-order valence-corrected chi connectivity index (χ3v) is 1.92. The molecule has 0 spiro atoms. The third kappa shape index (κ3) is 2.35. The van der Waals surface area contributed by atoms with E-state index in [1.165, 1.54) is 24.5 Å². The molecule has 0 saturated heterocycles. The second-order valence-corrected chi connectivity index (χ2v) is 3.05. The summed E-state index contributed by atoms with van der Waals surface area (Å²) in [5, 5.41) is 0.486. The highest BCUT2D eigenvalue weighted by molar-refractivity contribution is 7.16. The Morgan fingerprint density at radius 3 is 3.08 bits per heavy atom. The first-order valence-corrected chi connectivity index (χ1v) is 4.01. The lowest BCUT2D eigenvalue weighted by molar-refractivity contribution is -0.134. The Labute approximate surface area is 73.7 Å². The highest BCUT2D eigenvalue weighted by Gasteiger charge is 1.95. The number of methoxy groups -OCH3 is 1. The van der Waals surface area contributed by atoms with Crippen LogP contribution in [-0.4, -0.2) is 18.1 Å². The molecule has 0 bridgehead atoms. The summed E-state index contributed by atoms with van der Waals surface area (Å²) >= 11 is 1.31. The Hall–Kier alpha value is -1.36. The summed E-state index contributed by atoms with van der Waals surface area (Å²) in [5.74, 6) is -0.387. The van der Waals surface area contributed by atoms with E-state index in [4.69, 9.17) is 5.73 Å². The quantitative estimate of drug-likeness (QED) is 0.548. The molecule has 0 aromatic carbocycles. The first kappa shape index (κ1) is 8.73. The van der Waals surface area contributed by atoms with E-state index in [9.17, 15) is 4.79 Å². The van der Waals surface area contributed by atoms with Crippen LogP contribution < -0.4 is 5.73 Å². The number of thiazole rings is 1. The van der Waals surface area contributed by atoms with Crippen molar-refractivity contribution in [2.45, 2.75) is 0 Å². The lowest BCUT2D eigenvalue weighted by Crippen LogP contribution is -1.92. The van der Waals surface area contributed by atoms with Gasteiger partial charge < -0.3 is 10.5 Å². The molecule has 0 aliphatic carbocycles. The standard InChI is InChI=1S/C7H8N2O2S/c1-11-6(10)3-2-5-4-9-7(8)12-5/h2-4H,1H3,(H2,8,9). The zero-order chi connectivity index (χ0) is 8.97. The monoisotopic (exact) mass is 184 g/mol. The number of anilines is 1. The van der Waals surface area contributed by atoms with Gasteiger partial charge in [-0.05, 0) is 6.08 Å². The first-order valence-electron chi connectivity index (χ1n) is 3.19. The largest absolute Gasteiger partial charge is 0.466 e. The van der Waals surface area contributed by atoms with Crippen molar-refractivity contribution in [2.24, 2.45) is 0 Å². The average Bonchev–Trinajstić information content (AvgIpc) is 2.47. The van der Waals surface area contributed by atoms with Crippen LogP contribution in [0.4, 0.5) is 5.13 Å². The van der Waals surface area contributed by atoms with Crippen molar-refractivity contribution in [3.8, 4) is 0 Å². The number of nitrogen functional groups attached to an aromatic ring is 1. The molecule has 2 N–H and O–H groups in total. The van der Waals surface area contributed by atoms with E-state index in [2.05, 4.69) is 9.72 Å². The zero-order valence-electron chi connectivity index (χ0n) is 6.48. The summed E-state index contributed by atoms with van der Waals surface area (Å²) in [5.41, 5.74) is 5.37. The van der Waals surface area contributed by atoms with Crippen molar-refractivity contribution < 1.29 is 9.53 Å². The van der Waals surface area contributed by atoms with Crippen LogP contribution in [0.2, 0.25) is 0 Å². The summed E-state index contributed by atoms with van der Waals surface area (Å²) in [6.07, 6.45) is 4.53. The van der Waals surface area contributed by atoms with Crippen LogP contribution in [0.3, 0.4) is 0 Å². The number of esters is 1. The van der Waals surface area contributed by atoms with Crippen LogP contribution in [0.15, 0.2) is 12.3 Å². The van der Waals surface area contributed by atoms with E-state index in [0.29, 0.717) is 5.13 Å². The van der Waals surface area contributed by atoms with Crippen molar-refractivity contribution in [3.63, 3.8) is 0 Å². The van der Waals surface area contributed by atoms with Gasteiger partial charge in [-0.3, -0.25) is 0 Å². The topological polar surface area (TPSA) is 65.2 Å². The summed E-state index contributed by atoms with van der Waals surface area (Å²) in [4.78, 5) is 15.3. The molecule has 0 aliphatic rings. The number of aromatic nitrogens is 1. The van der Waals surface area contributed by atoms with Gasteiger partial charge in [0.05, 0.1) is 7.11 Å². The van der Waals surface area contributed by atoms with E-state index in [1.807, 2.05) is 0 Å². The first-order chi connectivity index (χ1) is 5.72. The van der Waals surface area contributed by atoms with E-state index in [-0.39, 0.29) is 5.97 Å². The summed E-state index contributed by atoms with van der Waals surface area (Å²) in [7, 11) is 1.33. The minimum Gasteiger partial charge on any atom is -0.466 e. The lowest BCUT2D eigenvalue weighted by atomic mass is 10.4. The van der Waals surface area contributed by atoms with Crippen LogP contribution in [0.25, 0.3) is 6.08 Å². The van der Waals surface area contributed by atoms with Crippen molar-refractivity contribution >= 4 is 28.5 Å². The van der Waals surface area contributed by atoms with Gasteiger partial charge in [-0.1, -0.05) is 11.3 Å². The molecule has 1 aromatic heterocycles. The molecular formula is C7H8N2O2S. The molecule has 4 nitrogen and oxygen atoms in total. The molecule has 0 saturated carbocycles. The molecule has 1 aromatic rings. The molecule has 0 radical (unpaired) electrons.